The van der Waals surface area contributed by atoms with E-state index in [1.165, 1.54) is 6.07 Å². The molecular formula is C28H26ClFN4O2. The van der Waals surface area contributed by atoms with Crippen LogP contribution in [-0.4, -0.2) is 28.6 Å². The van der Waals surface area contributed by atoms with E-state index in [1.807, 2.05) is 48.9 Å². The highest BCUT2D eigenvalue weighted by molar-refractivity contribution is 6.31. The van der Waals surface area contributed by atoms with Crippen LogP contribution in [0.1, 0.15) is 35.3 Å². The molecule has 4 rings (SSSR count). The van der Waals surface area contributed by atoms with E-state index in [0.717, 1.165) is 16.5 Å². The molecule has 1 unspecified atom stereocenters. The summed E-state index contributed by atoms with van der Waals surface area (Å²) in [5, 5.41) is 8.25. The van der Waals surface area contributed by atoms with Gasteiger partial charge in [-0.05, 0) is 36.2 Å². The van der Waals surface area contributed by atoms with Crippen molar-refractivity contribution in [1.29, 1.82) is 0 Å². The van der Waals surface area contributed by atoms with Crippen LogP contribution in [0.4, 0.5) is 4.39 Å². The zero-order valence-corrected chi connectivity index (χ0v) is 20.7. The zero-order chi connectivity index (χ0) is 25.7. The van der Waals surface area contributed by atoms with Crippen LogP contribution in [-0.2, 0) is 11.3 Å². The molecule has 0 fully saturated rings. The highest BCUT2D eigenvalue weighted by Crippen LogP contribution is 2.22. The number of hydrazone groups is 1. The molecular weight excluding hydrogens is 479 g/mol. The van der Waals surface area contributed by atoms with Gasteiger partial charge in [0.05, 0.1) is 12.8 Å². The van der Waals surface area contributed by atoms with Crippen molar-refractivity contribution < 1.29 is 14.0 Å². The number of halogens is 2. The summed E-state index contributed by atoms with van der Waals surface area (Å²) in [6.45, 7) is 4.03. The van der Waals surface area contributed by atoms with Crippen LogP contribution >= 0.6 is 11.6 Å². The van der Waals surface area contributed by atoms with Crippen molar-refractivity contribution in [1.82, 2.24) is 15.3 Å². The van der Waals surface area contributed by atoms with Crippen LogP contribution in [0.15, 0.2) is 84.1 Å². The van der Waals surface area contributed by atoms with Crippen molar-refractivity contribution in [2.75, 3.05) is 0 Å². The first-order valence-corrected chi connectivity index (χ1v) is 11.9. The Morgan fingerprint density at radius 3 is 2.56 bits per heavy atom. The Hall–Kier alpha value is -3.97. The van der Waals surface area contributed by atoms with Gasteiger partial charge in [0.2, 0.25) is 0 Å². The number of carbonyl (C=O) groups excluding carboxylic acids is 2. The number of nitrogens with one attached hydrogen (secondary N) is 2. The molecule has 0 spiro atoms. The predicted molar refractivity (Wildman–Crippen MR) is 141 cm³/mol. The number of carbonyl (C=O) groups is 2. The van der Waals surface area contributed by atoms with E-state index in [4.69, 9.17) is 11.6 Å². The molecule has 0 bridgehead atoms. The number of hydrogen-bond donors (Lipinski definition) is 2. The lowest BCUT2D eigenvalue weighted by molar-refractivity contribution is -0.123. The second-order valence-electron chi connectivity index (χ2n) is 8.76. The van der Waals surface area contributed by atoms with Gasteiger partial charge in [-0.2, -0.15) is 5.10 Å². The summed E-state index contributed by atoms with van der Waals surface area (Å²) in [5.41, 5.74) is 5.16. The van der Waals surface area contributed by atoms with Crippen LogP contribution < -0.4 is 10.7 Å². The summed E-state index contributed by atoms with van der Waals surface area (Å²) in [6.07, 6.45) is 3.42. The van der Waals surface area contributed by atoms with E-state index in [-0.39, 0.29) is 11.7 Å². The molecule has 2 N–H and O–H groups in total. The highest BCUT2D eigenvalue weighted by Gasteiger charge is 2.24. The third-order valence-corrected chi connectivity index (χ3v) is 6.05. The largest absolute Gasteiger partial charge is 0.342 e. The Kier molecular flexibility index (Phi) is 7.80. The van der Waals surface area contributed by atoms with E-state index in [1.54, 1.807) is 48.7 Å². The van der Waals surface area contributed by atoms with Gasteiger partial charge in [-0.15, -0.1) is 0 Å². The number of para-hydroxylation sites is 1. The molecule has 1 heterocycles. The smallest absolute Gasteiger partial charge is 0.262 e. The Balaban J connectivity index is 1.49. The minimum absolute atomic E-state index is 0.175. The van der Waals surface area contributed by atoms with Crippen molar-refractivity contribution in [3.05, 3.63) is 107 Å². The van der Waals surface area contributed by atoms with Gasteiger partial charge in [-0.25, -0.2) is 9.82 Å². The minimum atomic E-state index is -0.795. The average molecular weight is 505 g/mol. The maximum absolute atomic E-state index is 14.2. The summed E-state index contributed by atoms with van der Waals surface area (Å²) in [5.74, 6) is -1.28. The zero-order valence-electron chi connectivity index (χ0n) is 19.9. The number of rotatable bonds is 8. The van der Waals surface area contributed by atoms with E-state index >= 15 is 0 Å². The van der Waals surface area contributed by atoms with Gasteiger partial charge in [0.1, 0.15) is 11.9 Å². The Morgan fingerprint density at radius 2 is 1.81 bits per heavy atom. The average Bonchev–Trinajstić information content (AvgIpc) is 3.21. The first-order chi connectivity index (χ1) is 17.3. The van der Waals surface area contributed by atoms with Gasteiger partial charge in [-0.1, -0.05) is 67.9 Å². The number of hydrogen-bond acceptors (Lipinski definition) is 3. The van der Waals surface area contributed by atoms with Gasteiger partial charge in [0.15, 0.2) is 0 Å². The van der Waals surface area contributed by atoms with Crippen LogP contribution in [0.5, 0.6) is 0 Å². The Morgan fingerprint density at radius 1 is 1.06 bits per heavy atom. The molecule has 0 aliphatic rings. The van der Waals surface area contributed by atoms with Gasteiger partial charge in [0, 0.05) is 38.8 Å². The second kappa shape index (κ2) is 11.2. The Bertz CT molecular complexity index is 1430. The van der Waals surface area contributed by atoms with Gasteiger partial charge in [-0.3, -0.25) is 9.59 Å². The fraction of sp³-hybridized carbons (Fsp3) is 0.179. The normalized spacial score (nSPS) is 12.2. The van der Waals surface area contributed by atoms with Crippen molar-refractivity contribution in [2.24, 2.45) is 11.0 Å². The van der Waals surface area contributed by atoms with E-state index in [9.17, 15) is 14.0 Å². The highest BCUT2D eigenvalue weighted by atomic mass is 35.5. The predicted octanol–water partition coefficient (Wildman–Crippen LogP) is 5.39. The number of benzene rings is 3. The quantitative estimate of drug-likeness (QED) is 0.249. The summed E-state index contributed by atoms with van der Waals surface area (Å²) >= 11 is 5.97. The monoisotopic (exact) mass is 504 g/mol. The number of amides is 2. The van der Waals surface area contributed by atoms with Crippen LogP contribution in [0, 0.1) is 11.7 Å². The maximum Gasteiger partial charge on any atom is 0.262 e. The van der Waals surface area contributed by atoms with Gasteiger partial charge >= 0.3 is 0 Å². The molecule has 3 aromatic carbocycles. The standard InChI is InChI=1S/C28H26ClFN4O2/c1-18(2)26(32-27(35)19-9-7-10-22(29)14-19)28(36)33-31-15-21-17-34(25-13-6-4-11-23(21)25)16-20-8-3-5-12-24(20)30/h3-15,17-18,26H,16H2,1-2H3,(H,32,35)(H,33,36)/b31-15-. The molecule has 0 saturated carbocycles. The molecule has 0 aliphatic carbocycles. The van der Waals surface area contributed by atoms with Crippen molar-refractivity contribution >= 4 is 40.5 Å². The van der Waals surface area contributed by atoms with Crippen molar-refractivity contribution in [2.45, 2.75) is 26.4 Å². The number of aromatic nitrogens is 1. The van der Waals surface area contributed by atoms with Crippen LogP contribution in [0.25, 0.3) is 10.9 Å². The van der Waals surface area contributed by atoms with Crippen LogP contribution in [0.3, 0.4) is 0 Å². The number of nitrogens with zero attached hydrogens (tertiary/aromatic N) is 2. The summed E-state index contributed by atoms with van der Waals surface area (Å²) < 4.78 is 16.2. The molecule has 184 valence electrons. The molecule has 6 nitrogen and oxygen atoms in total. The first-order valence-electron chi connectivity index (χ1n) is 11.5. The lowest BCUT2D eigenvalue weighted by Crippen LogP contribution is -2.48. The van der Waals surface area contributed by atoms with Crippen molar-refractivity contribution in [3.63, 3.8) is 0 Å². The maximum atomic E-state index is 14.2. The first kappa shape index (κ1) is 25.1. The Labute approximate surface area is 213 Å². The lowest BCUT2D eigenvalue weighted by Gasteiger charge is -2.20. The molecule has 2 amide bonds. The lowest BCUT2D eigenvalue weighted by atomic mass is 10.0. The molecule has 1 aromatic heterocycles. The summed E-state index contributed by atoms with van der Waals surface area (Å²) in [6, 6.07) is 20.1. The fourth-order valence-electron chi connectivity index (χ4n) is 3.94. The summed E-state index contributed by atoms with van der Waals surface area (Å²) in [7, 11) is 0. The van der Waals surface area contributed by atoms with Crippen molar-refractivity contribution in [3.8, 4) is 0 Å². The van der Waals surface area contributed by atoms with Crippen LogP contribution in [0.2, 0.25) is 5.02 Å². The summed E-state index contributed by atoms with van der Waals surface area (Å²) in [4.78, 5) is 25.5. The second-order valence-corrected chi connectivity index (χ2v) is 9.20. The molecule has 4 aromatic rings. The molecule has 36 heavy (non-hydrogen) atoms. The van der Waals surface area contributed by atoms with Gasteiger partial charge in [0.25, 0.3) is 11.8 Å². The molecule has 0 radical (unpaired) electrons. The topological polar surface area (TPSA) is 75.5 Å². The third-order valence-electron chi connectivity index (χ3n) is 5.82. The van der Waals surface area contributed by atoms with E-state index < -0.39 is 17.9 Å². The molecule has 8 heteroatoms. The molecule has 0 aliphatic heterocycles. The molecule has 1 atom stereocenters. The third kappa shape index (κ3) is 5.80. The van der Waals surface area contributed by atoms with Gasteiger partial charge < -0.3 is 9.88 Å². The van der Waals surface area contributed by atoms with E-state index in [2.05, 4.69) is 15.8 Å². The SMILES string of the molecule is CC(C)C(NC(=O)c1cccc(Cl)c1)C(=O)N/N=C\c1cn(Cc2ccccc2F)c2ccccc12. The number of fused-ring (bicyclic) bond motifs is 1. The molecule has 0 saturated heterocycles. The minimum Gasteiger partial charge on any atom is -0.342 e. The fourth-order valence-corrected chi connectivity index (χ4v) is 4.13. The van der Waals surface area contributed by atoms with E-state index in [0.29, 0.717) is 22.7 Å².